The predicted octanol–water partition coefficient (Wildman–Crippen LogP) is 3.83. The molecule has 4 rings (SSSR count). The Morgan fingerprint density at radius 3 is 2.32 bits per heavy atom. The third kappa shape index (κ3) is 1.40. The lowest BCUT2D eigenvalue weighted by Crippen LogP contribution is -2.04. The molecule has 0 amide bonds. The van der Waals surface area contributed by atoms with Gasteiger partial charge in [-0.25, -0.2) is 0 Å². The molecule has 3 aromatic carbocycles. The van der Waals surface area contributed by atoms with Crippen LogP contribution in [0.5, 0.6) is 0 Å². The van der Waals surface area contributed by atoms with E-state index in [1.807, 2.05) is 54.6 Å². The zero-order chi connectivity index (χ0) is 12.8. The summed E-state index contributed by atoms with van der Waals surface area (Å²) in [6, 6.07) is 19.7. The summed E-state index contributed by atoms with van der Waals surface area (Å²) in [7, 11) is 0. The Hall–Kier alpha value is -2.61. The second-order valence-electron chi connectivity index (χ2n) is 4.71. The first-order chi connectivity index (χ1) is 9.34. The van der Waals surface area contributed by atoms with Crippen molar-refractivity contribution in [2.24, 2.45) is 0 Å². The number of nitrogens with one attached hydrogen (secondary N) is 1. The maximum Gasteiger partial charge on any atom is 0.197 e. The standard InChI is InChI=1S/C17H11NO/c19-17-13-7-3-4-8-15(13)18-16-12-6-2-1-5-11(12)9-10-14(16)17/h1-10H,(H,18,19). The third-order valence-corrected chi connectivity index (χ3v) is 3.61. The van der Waals surface area contributed by atoms with Crippen LogP contribution in [0.4, 0.5) is 0 Å². The van der Waals surface area contributed by atoms with Gasteiger partial charge in [0, 0.05) is 21.7 Å². The molecule has 0 saturated heterocycles. The molecule has 0 saturated carbocycles. The van der Waals surface area contributed by atoms with Crippen molar-refractivity contribution in [3.63, 3.8) is 0 Å². The lowest BCUT2D eigenvalue weighted by molar-refractivity contribution is 1.50. The number of aromatic amines is 1. The summed E-state index contributed by atoms with van der Waals surface area (Å²) in [6.45, 7) is 0. The monoisotopic (exact) mass is 245 g/mol. The summed E-state index contributed by atoms with van der Waals surface area (Å²) in [5.41, 5.74) is 1.90. The Morgan fingerprint density at radius 2 is 1.42 bits per heavy atom. The largest absolute Gasteiger partial charge is 0.354 e. The predicted molar refractivity (Wildman–Crippen MR) is 79.6 cm³/mol. The molecule has 2 nitrogen and oxygen atoms in total. The van der Waals surface area contributed by atoms with Gasteiger partial charge in [0.2, 0.25) is 0 Å². The van der Waals surface area contributed by atoms with E-state index < -0.39 is 0 Å². The van der Waals surface area contributed by atoms with E-state index in [2.05, 4.69) is 11.1 Å². The molecule has 1 aromatic heterocycles. The fourth-order valence-corrected chi connectivity index (χ4v) is 2.67. The molecule has 2 heteroatoms. The highest BCUT2D eigenvalue weighted by Gasteiger charge is 2.07. The van der Waals surface area contributed by atoms with E-state index in [-0.39, 0.29) is 5.43 Å². The molecule has 0 aliphatic rings. The SMILES string of the molecule is O=c1c2ccccc2[nH]c2c1ccc1ccccc12. The van der Waals surface area contributed by atoms with E-state index in [1.165, 1.54) is 0 Å². The van der Waals surface area contributed by atoms with Crippen molar-refractivity contribution < 1.29 is 0 Å². The van der Waals surface area contributed by atoms with Gasteiger partial charge in [-0.05, 0) is 23.6 Å². The van der Waals surface area contributed by atoms with Crippen LogP contribution < -0.4 is 5.43 Å². The van der Waals surface area contributed by atoms with Gasteiger partial charge in [-0.2, -0.15) is 0 Å². The highest BCUT2D eigenvalue weighted by molar-refractivity contribution is 6.08. The molecule has 90 valence electrons. The van der Waals surface area contributed by atoms with Crippen molar-refractivity contribution in [2.75, 3.05) is 0 Å². The van der Waals surface area contributed by atoms with Gasteiger partial charge in [-0.3, -0.25) is 4.79 Å². The van der Waals surface area contributed by atoms with Crippen LogP contribution in [0.2, 0.25) is 0 Å². The lowest BCUT2D eigenvalue weighted by Gasteiger charge is -2.06. The van der Waals surface area contributed by atoms with Crippen LogP contribution in [0.15, 0.2) is 65.5 Å². The van der Waals surface area contributed by atoms with E-state index in [0.717, 1.165) is 32.6 Å². The molecule has 0 unspecified atom stereocenters. The summed E-state index contributed by atoms with van der Waals surface area (Å²) in [4.78, 5) is 15.9. The second kappa shape index (κ2) is 3.69. The highest BCUT2D eigenvalue weighted by atomic mass is 16.1. The highest BCUT2D eigenvalue weighted by Crippen LogP contribution is 2.23. The fourth-order valence-electron chi connectivity index (χ4n) is 2.67. The molecule has 4 aromatic rings. The summed E-state index contributed by atoms with van der Waals surface area (Å²) in [5.74, 6) is 0. The molecule has 0 spiro atoms. The first-order valence-electron chi connectivity index (χ1n) is 6.27. The molecule has 0 radical (unpaired) electrons. The topological polar surface area (TPSA) is 32.9 Å². The molecule has 0 fully saturated rings. The minimum Gasteiger partial charge on any atom is -0.354 e. The Balaban J connectivity index is 2.36. The number of hydrogen-bond acceptors (Lipinski definition) is 1. The Kier molecular flexibility index (Phi) is 2.00. The quantitative estimate of drug-likeness (QED) is 0.370. The minimum atomic E-state index is 0.0927. The fraction of sp³-hybridized carbons (Fsp3) is 0. The third-order valence-electron chi connectivity index (χ3n) is 3.61. The maximum absolute atomic E-state index is 12.5. The Labute approximate surface area is 109 Å². The van der Waals surface area contributed by atoms with Gasteiger partial charge < -0.3 is 4.98 Å². The van der Waals surface area contributed by atoms with Crippen LogP contribution in [0.25, 0.3) is 32.6 Å². The lowest BCUT2D eigenvalue weighted by atomic mass is 10.0. The van der Waals surface area contributed by atoms with Crippen LogP contribution >= 0.6 is 0 Å². The summed E-state index contributed by atoms with van der Waals surface area (Å²) >= 11 is 0. The van der Waals surface area contributed by atoms with E-state index >= 15 is 0 Å². The van der Waals surface area contributed by atoms with Gasteiger partial charge in [-0.1, -0.05) is 42.5 Å². The van der Waals surface area contributed by atoms with Crippen LogP contribution in [0, 0.1) is 0 Å². The number of benzene rings is 3. The van der Waals surface area contributed by atoms with Gasteiger partial charge in [-0.15, -0.1) is 0 Å². The summed E-state index contributed by atoms with van der Waals surface area (Å²) < 4.78 is 0. The molecule has 0 aliphatic carbocycles. The van der Waals surface area contributed by atoms with Crippen molar-refractivity contribution in [1.82, 2.24) is 4.98 Å². The molecular weight excluding hydrogens is 234 g/mol. The number of hydrogen-bond donors (Lipinski definition) is 1. The average molecular weight is 245 g/mol. The maximum atomic E-state index is 12.5. The number of H-pyrrole nitrogens is 1. The number of fused-ring (bicyclic) bond motifs is 4. The Bertz CT molecular complexity index is 982. The van der Waals surface area contributed by atoms with Crippen molar-refractivity contribution in [3.8, 4) is 0 Å². The van der Waals surface area contributed by atoms with Crippen LogP contribution in [0.1, 0.15) is 0 Å². The van der Waals surface area contributed by atoms with Crippen LogP contribution in [-0.2, 0) is 0 Å². The first-order valence-corrected chi connectivity index (χ1v) is 6.27. The zero-order valence-electron chi connectivity index (χ0n) is 10.2. The normalized spacial score (nSPS) is 11.4. The van der Waals surface area contributed by atoms with E-state index in [4.69, 9.17) is 0 Å². The van der Waals surface area contributed by atoms with Crippen LogP contribution in [0.3, 0.4) is 0 Å². The average Bonchev–Trinajstić information content (AvgIpc) is 2.47. The van der Waals surface area contributed by atoms with Crippen molar-refractivity contribution >= 4 is 32.6 Å². The summed E-state index contributed by atoms with van der Waals surface area (Å²) in [6.07, 6.45) is 0. The van der Waals surface area contributed by atoms with Crippen molar-refractivity contribution in [1.29, 1.82) is 0 Å². The van der Waals surface area contributed by atoms with Gasteiger partial charge >= 0.3 is 0 Å². The minimum absolute atomic E-state index is 0.0927. The number of rotatable bonds is 0. The molecule has 1 heterocycles. The smallest absolute Gasteiger partial charge is 0.197 e. The zero-order valence-corrected chi connectivity index (χ0v) is 10.2. The van der Waals surface area contributed by atoms with Crippen LogP contribution in [-0.4, -0.2) is 4.98 Å². The molecule has 0 bridgehead atoms. The van der Waals surface area contributed by atoms with Gasteiger partial charge in [0.25, 0.3) is 0 Å². The molecule has 0 atom stereocenters. The molecule has 1 N–H and O–H groups in total. The number of aromatic nitrogens is 1. The molecule has 0 aliphatic heterocycles. The van der Waals surface area contributed by atoms with Gasteiger partial charge in [0.15, 0.2) is 5.43 Å². The van der Waals surface area contributed by atoms with Gasteiger partial charge in [0.05, 0.1) is 5.52 Å². The Morgan fingerprint density at radius 1 is 0.684 bits per heavy atom. The van der Waals surface area contributed by atoms with Crippen molar-refractivity contribution in [3.05, 3.63) is 70.9 Å². The number of pyridine rings is 1. The van der Waals surface area contributed by atoms with Gasteiger partial charge in [0.1, 0.15) is 0 Å². The van der Waals surface area contributed by atoms with Crippen molar-refractivity contribution in [2.45, 2.75) is 0 Å². The molecule has 19 heavy (non-hydrogen) atoms. The van der Waals surface area contributed by atoms with E-state index in [9.17, 15) is 4.79 Å². The van der Waals surface area contributed by atoms with E-state index in [0.29, 0.717) is 0 Å². The summed E-state index contributed by atoms with van der Waals surface area (Å²) in [5, 5.41) is 3.71. The number of para-hydroxylation sites is 1. The first kappa shape index (κ1) is 10.3. The molecular formula is C17H11NO. The van der Waals surface area contributed by atoms with E-state index in [1.54, 1.807) is 0 Å². The second-order valence-corrected chi connectivity index (χ2v) is 4.71.